The second kappa shape index (κ2) is 7.21. The maximum absolute atomic E-state index is 5.67. The van der Waals surface area contributed by atoms with E-state index in [9.17, 15) is 0 Å². The first-order valence-corrected chi connectivity index (χ1v) is 8.78. The van der Waals surface area contributed by atoms with Crippen molar-refractivity contribution in [1.29, 1.82) is 0 Å². The van der Waals surface area contributed by atoms with Crippen LogP contribution in [0.5, 0.6) is 0 Å². The van der Waals surface area contributed by atoms with E-state index in [4.69, 9.17) is 14.2 Å². The van der Waals surface area contributed by atoms with Crippen LogP contribution in [-0.2, 0) is 4.74 Å². The van der Waals surface area contributed by atoms with E-state index in [-0.39, 0.29) is 12.0 Å². The lowest BCUT2D eigenvalue weighted by molar-refractivity contribution is 0.0905. The lowest BCUT2D eigenvalue weighted by Gasteiger charge is -2.34. The minimum absolute atomic E-state index is 0.126. The monoisotopic (exact) mass is 351 g/mol. The third-order valence-electron chi connectivity index (χ3n) is 4.34. The third kappa shape index (κ3) is 3.30. The van der Waals surface area contributed by atoms with Crippen molar-refractivity contribution in [2.75, 3.05) is 24.7 Å². The molecule has 7 nitrogen and oxygen atoms in total. The van der Waals surface area contributed by atoms with Gasteiger partial charge in [0.25, 0.3) is 0 Å². The summed E-state index contributed by atoms with van der Waals surface area (Å²) in [6.45, 7) is 5.91. The molecule has 0 spiro atoms. The van der Waals surface area contributed by atoms with Crippen molar-refractivity contribution in [3.05, 3.63) is 54.3 Å². The summed E-state index contributed by atoms with van der Waals surface area (Å²) in [6.07, 6.45) is 1.78. The molecule has 4 rings (SSSR count). The molecule has 26 heavy (non-hydrogen) atoms. The summed E-state index contributed by atoms with van der Waals surface area (Å²) in [7, 11) is 0. The summed E-state index contributed by atoms with van der Waals surface area (Å²) in [4.78, 5) is 15.9. The normalized spacial score (nSPS) is 17.7. The Morgan fingerprint density at radius 1 is 1.12 bits per heavy atom. The highest BCUT2D eigenvalue weighted by Gasteiger charge is 2.30. The van der Waals surface area contributed by atoms with E-state index in [0.29, 0.717) is 37.3 Å². The van der Waals surface area contributed by atoms with Crippen LogP contribution in [-0.4, -0.2) is 39.9 Å². The van der Waals surface area contributed by atoms with Gasteiger partial charge in [0.15, 0.2) is 11.6 Å². The van der Waals surface area contributed by atoms with Crippen molar-refractivity contribution in [1.82, 2.24) is 20.1 Å². The number of hydrogen-bond acceptors (Lipinski definition) is 7. The second-order valence-electron chi connectivity index (χ2n) is 6.53. The predicted octanol–water partition coefficient (Wildman–Crippen LogP) is 3.23. The van der Waals surface area contributed by atoms with E-state index in [0.717, 1.165) is 11.4 Å². The van der Waals surface area contributed by atoms with E-state index < -0.39 is 0 Å². The molecule has 0 N–H and O–H groups in total. The zero-order valence-corrected chi connectivity index (χ0v) is 14.9. The highest BCUT2D eigenvalue weighted by molar-refractivity contribution is 5.57. The first-order valence-electron chi connectivity index (χ1n) is 8.78. The summed E-state index contributed by atoms with van der Waals surface area (Å²) in [5.41, 5.74) is 0.987. The van der Waals surface area contributed by atoms with Gasteiger partial charge in [0.05, 0.1) is 13.2 Å². The van der Waals surface area contributed by atoms with Crippen molar-refractivity contribution < 1.29 is 9.26 Å². The predicted molar refractivity (Wildman–Crippen MR) is 96.8 cm³/mol. The van der Waals surface area contributed by atoms with Crippen LogP contribution in [0.3, 0.4) is 0 Å². The van der Waals surface area contributed by atoms with E-state index in [1.54, 1.807) is 6.20 Å². The first kappa shape index (κ1) is 16.7. The quantitative estimate of drug-likeness (QED) is 0.714. The Morgan fingerprint density at radius 3 is 2.73 bits per heavy atom. The number of morpholine rings is 1. The van der Waals surface area contributed by atoms with Gasteiger partial charge in [-0.05, 0) is 6.07 Å². The number of ether oxygens (including phenoxy) is 1. The van der Waals surface area contributed by atoms with E-state index in [2.05, 4.69) is 20.0 Å². The third-order valence-corrected chi connectivity index (χ3v) is 4.34. The van der Waals surface area contributed by atoms with Crippen LogP contribution in [0.25, 0.3) is 11.4 Å². The SMILES string of the molecule is CC(C)c1nc([C@H]2COCCN2c2ccnc(-c3ccccc3)n2)no1. The van der Waals surface area contributed by atoms with E-state index >= 15 is 0 Å². The number of nitrogens with zero attached hydrogens (tertiary/aromatic N) is 5. The standard InChI is InChI=1S/C19H21N5O2/c1-13(2)19-22-18(23-26-19)15-12-25-11-10-24(15)16-8-9-20-17(21-16)14-6-4-3-5-7-14/h3-9,13,15H,10-12H2,1-2H3/t15-/m1/s1. The molecule has 0 amide bonds. The number of benzene rings is 1. The Labute approximate surface area is 152 Å². The first-order chi connectivity index (χ1) is 12.7. The van der Waals surface area contributed by atoms with Gasteiger partial charge in [0.2, 0.25) is 5.89 Å². The Kier molecular flexibility index (Phi) is 4.62. The van der Waals surface area contributed by atoms with E-state index in [1.165, 1.54) is 0 Å². The number of aromatic nitrogens is 4. The molecular weight excluding hydrogens is 330 g/mol. The molecule has 1 aliphatic heterocycles. The van der Waals surface area contributed by atoms with Crippen LogP contribution in [0.4, 0.5) is 5.82 Å². The van der Waals surface area contributed by atoms with Crippen molar-refractivity contribution in [2.24, 2.45) is 0 Å². The highest BCUT2D eigenvalue weighted by atomic mass is 16.5. The fraction of sp³-hybridized carbons (Fsp3) is 0.368. The van der Waals surface area contributed by atoms with E-state index in [1.807, 2.05) is 50.2 Å². The molecule has 3 aromatic rings. The van der Waals surface area contributed by atoms with Crippen molar-refractivity contribution in [3.8, 4) is 11.4 Å². The maximum atomic E-state index is 5.67. The van der Waals surface area contributed by atoms with Gasteiger partial charge < -0.3 is 14.2 Å². The van der Waals surface area contributed by atoms with Gasteiger partial charge in [-0.3, -0.25) is 0 Å². The summed E-state index contributed by atoms with van der Waals surface area (Å²) >= 11 is 0. The molecule has 0 aliphatic carbocycles. The number of hydrogen-bond donors (Lipinski definition) is 0. The molecule has 2 aromatic heterocycles. The molecule has 1 saturated heterocycles. The lowest BCUT2D eigenvalue weighted by atomic mass is 10.2. The largest absolute Gasteiger partial charge is 0.377 e. The van der Waals surface area contributed by atoms with Crippen molar-refractivity contribution >= 4 is 5.82 Å². The number of rotatable bonds is 4. The van der Waals surface area contributed by atoms with Crippen LogP contribution in [0, 0.1) is 0 Å². The zero-order chi connectivity index (χ0) is 17.9. The molecule has 3 heterocycles. The summed E-state index contributed by atoms with van der Waals surface area (Å²) < 4.78 is 11.0. The van der Waals surface area contributed by atoms with Crippen LogP contribution in [0.15, 0.2) is 47.1 Å². The Morgan fingerprint density at radius 2 is 1.96 bits per heavy atom. The molecule has 134 valence electrons. The topological polar surface area (TPSA) is 77.2 Å². The molecule has 1 fully saturated rings. The molecule has 0 radical (unpaired) electrons. The van der Waals surface area contributed by atoms with Crippen molar-refractivity contribution in [2.45, 2.75) is 25.8 Å². The van der Waals surface area contributed by atoms with Gasteiger partial charge in [-0.1, -0.05) is 49.3 Å². The molecule has 1 atom stereocenters. The molecule has 1 aromatic carbocycles. The second-order valence-corrected chi connectivity index (χ2v) is 6.53. The average molecular weight is 351 g/mol. The molecular formula is C19H21N5O2. The molecule has 1 aliphatic rings. The Bertz CT molecular complexity index is 865. The van der Waals surface area contributed by atoms with Gasteiger partial charge in [0.1, 0.15) is 11.9 Å². The fourth-order valence-electron chi connectivity index (χ4n) is 2.94. The Hall–Kier alpha value is -2.80. The summed E-state index contributed by atoms with van der Waals surface area (Å²) in [6, 6.07) is 11.7. The maximum Gasteiger partial charge on any atom is 0.229 e. The number of anilines is 1. The average Bonchev–Trinajstić information content (AvgIpc) is 3.19. The smallest absolute Gasteiger partial charge is 0.229 e. The van der Waals surface area contributed by atoms with Gasteiger partial charge in [0, 0.05) is 24.2 Å². The van der Waals surface area contributed by atoms with Gasteiger partial charge in [-0.25, -0.2) is 9.97 Å². The fourth-order valence-corrected chi connectivity index (χ4v) is 2.94. The van der Waals surface area contributed by atoms with Gasteiger partial charge >= 0.3 is 0 Å². The molecule has 0 saturated carbocycles. The van der Waals surface area contributed by atoms with Crippen molar-refractivity contribution in [3.63, 3.8) is 0 Å². The lowest BCUT2D eigenvalue weighted by Crippen LogP contribution is -2.40. The minimum Gasteiger partial charge on any atom is -0.377 e. The molecule has 7 heteroatoms. The highest BCUT2D eigenvalue weighted by Crippen LogP contribution is 2.29. The van der Waals surface area contributed by atoms with Crippen LogP contribution >= 0.6 is 0 Å². The van der Waals surface area contributed by atoms with Crippen LogP contribution in [0.2, 0.25) is 0 Å². The van der Waals surface area contributed by atoms with Gasteiger partial charge in [-0.2, -0.15) is 4.98 Å². The summed E-state index contributed by atoms with van der Waals surface area (Å²) in [5, 5.41) is 4.17. The van der Waals surface area contributed by atoms with Crippen LogP contribution < -0.4 is 4.90 Å². The zero-order valence-electron chi connectivity index (χ0n) is 14.9. The minimum atomic E-state index is -0.126. The molecule has 0 bridgehead atoms. The van der Waals surface area contributed by atoms with Crippen LogP contribution in [0.1, 0.15) is 37.5 Å². The molecule has 0 unspecified atom stereocenters. The summed E-state index contributed by atoms with van der Waals surface area (Å²) in [5.74, 6) is 3.00. The Balaban J connectivity index is 1.66. The van der Waals surface area contributed by atoms with Gasteiger partial charge in [-0.15, -0.1) is 0 Å².